The maximum atomic E-state index is 13.0. The second-order valence-electron chi connectivity index (χ2n) is 6.71. The Balaban J connectivity index is 1.83. The summed E-state index contributed by atoms with van der Waals surface area (Å²) in [5.74, 6) is 0.217. The van der Waals surface area contributed by atoms with Crippen LogP contribution in [-0.4, -0.2) is 32.6 Å². The Morgan fingerprint density at radius 1 is 0.967 bits per heavy atom. The van der Waals surface area contributed by atoms with Gasteiger partial charge >= 0.3 is 0 Å². The number of carbonyl (C=O) groups excluding carboxylic acids is 2. The summed E-state index contributed by atoms with van der Waals surface area (Å²) in [6.45, 7) is 2.46. The van der Waals surface area contributed by atoms with Crippen LogP contribution in [0.25, 0.3) is 0 Å². The smallest absolute Gasteiger partial charge is 0.291 e. The van der Waals surface area contributed by atoms with Crippen molar-refractivity contribution in [1.29, 1.82) is 0 Å². The third-order valence-corrected chi connectivity index (χ3v) is 4.70. The van der Waals surface area contributed by atoms with Crippen molar-refractivity contribution in [2.75, 3.05) is 26.1 Å². The van der Waals surface area contributed by atoms with Crippen LogP contribution in [0, 0.1) is 0 Å². The molecule has 0 spiro atoms. The number of hydrogen-bond donors (Lipinski definition) is 2. The molecule has 7 heteroatoms. The number of anilines is 1. The van der Waals surface area contributed by atoms with Crippen LogP contribution >= 0.6 is 0 Å². The van der Waals surface area contributed by atoms with E-state index in [0.29, 0.717) is 23.7 Å². The average molecular weight is 408 g/mol. The molecule has 3 rings (SSSR count). The van der Waals surface area contributed by atoms with Crippen LogP contribution in [0.4, 0.5) is 5.69 Å². The van der Waals surface area contributed by atoms with Crippen molar-refractivity contribution >= 4 is 17.5 Å². The number of rotatable bonds is 8. The van der Waals surface area contributed by atoms with Crippen molar-refractivity contribution < 1.29 is 23.5 Å². The van der Waals surface area contributed by atoms with Gasteiger partial charge in [0.1, 0.15) is 0 Å². The molecule has 0 aliphatic rings. The Bertz CT molecular complexity index is 1000. The predicted octanol–water partition coefficient (Wildman–Crippen LogP) is 4.08. The summed E-state index contributed by atoms with van der Waals surface area (Å²) in [4.78, 5) is 25.4. The summed E-state index contributed by atoms with van der Waals surface area (Å²) >= 11 is 0. The van der Waals surface area contributed by atoms with Gasteiger partial charge in [-0.2, -0.15) is 0 Å². The zero-order valence-electron chi connectivity index (χ0n) is 17.1. The lowest BCUT2D eigenvalue weighted by atomic mass is 10.0. The Morgan fingerprint density at radius 3 is 2.30 bits per heavy atom. The summed E-state index contributed by atoms with van der Waals surface area (Å²) in [6, 6.07) is 16.2. The van der Waals surface area contributed by atoms with E-state index in [0.717, 1.165) is 5.56 Å². The standard InChI is InChI=1S/C23H24N2O5/c1-15(16-8-5-4-6-9-16)14-24-22(26)17-12-20(28-2)21(29-3)13-18(17)25-23(27)19-10-7-11-30-19/h4-13,15H,14H2,1-3H3,(H,24,26)(H,25,27)/t15-/m1/s1. The van der Waals surface area contributed by atoms with Gasteiger partial charge in [-0.1, -0.05) is 37.3 Å². The van der Waals surface area contributed by atoms with Crippen molar-refractivity contribution in [3.63, 3.8) is 0 Å². The number of nitrogens with one attached hydrogen (secondary N) is 2. The molecule has 0 radical (unpaired) electrons. The molecule has 1 aromatic heterocycles. The lowest BCUT2D eigenvalue weighted by Gasteiger charge is -2.17. The van der Waals surface area contributed by atoms with E-state index in [4.69, 9.17) is 13.9 Å². The molecule has 2 amide bonds. The largest absolute Gasteiger partial charge is 0.493 e. The Kier molecular flexibility index (Phi) is 6.75. The number of benzene rings is 2. The first-order chi connectivity index (χ1) is 14.5. The van der Waals surface area contributed by atoms with Gasteiger partial charge in [0, 0.05) is 12.6 Å². The van der Waals surface area contributed by atoms with Crippen molar-refractivity contribution in [1.82, 2.24) is 5.32 Å². The second kappa shape index (κ2) is 9.65. The third kappa shape index (κ3) is 4.81. The van der Waals surface area contributed by atoms with Gasteiger partial charge in [-0.25, -0.2) is 0 Å². The van der Waals surface area contributed by atoms with E-state index in [-0.39, 0.29) is 23.1 Å². The highest BCUT2D eigenvalue weighted by atomic mass is 16.5. The monoisotopic (exact) mass is 408 g/mol. The van der Waals surface area contributed by atoms with E-state index in [9.17, 15) is 9.59 Å². The minimum Gasteiger partial charge on any atom is -0.493 e. The molecular weight excluding hydrogens is 384 g/mol. The molecule has 0 saturated heterocycles. The van der Waals surface area contributed by atoms with E-state index in [1.807, 2.05) is 37.3 Å². The molecule has 0 aliphatic heterocycles. The average Bonchev–Trinajstić information content (AvgIpc) is 3.32. The van der Waals surface area contributed by atoms with Gasteiger partial charge in [0.15, 0.2) is 17.3 Å². The van der Waals surface area contributed by atoms with E-state index >= 15 is 0 Å². The highest BCUT2D eigenvalue weighted by Gasteiger charge is 2.20. The van der Waals surface area contributed by atoms with Crippen molar-refractivity contribution in [2.24, 2.45) is 0 Å². The molecule has 0 bridgehead atoms. The molecule has 0 unspecified atom stereocenters. The molecule has 0 saturated carbocycles. The van der Waals surface area contributed by atoms with Crippen LogP contribution < -0.4 is 20.1 Å². The molecule has 2 N–H and O–H groups in total. The Labute approximate surface area is 175 Å². The van der Waals surface area contributed by atoms with Gasteiger partial charge < -0.3 is 24.5 Å². The van der Waals surface area contributed by atoms with Gasteiger partial charge in [-0.05, 0) is 29.7 Å². The molecular formula is C23H24N2O5. The van der Waals surface area contributed by atoms with Gasteiger partial charge in [-0.15, -0.1) is 0 Å². The molecule has 0 fully saturated rings. The molecule has 1 heterocycles. The Hall–Kier alpha value is -3.74. The first kappa shape index (κ1) is 21.0. The van der Waals surface area contributed by atoms with Crippen molar-refractivity contribution in [3.8, 4) is 11.5 Å². The number of carbonyl (C=O) groups is 2. The lowest BCUT2D eigenvalue weighted by Crippen LogP contribution is -2.28. The van der Waals surface area contributed by atoms with Crippen LogP contribution in [0.3, 0.4) is 0 Å². The fourth-order valence-electron chi connectivity index (χ4n) is 3.00. The summed E-state index contributed by atoms with van der Waals surface area (Å²) in [6.07, 6.45) is 1.40. The fourth-order valence-corrected chi connectivity index (χ4v) is 3.00. The molecule has 7 nitrogen and oxygen atoms in total. The predicted molar refractivity (Wildman–Crippen MR) is 113 cm³/mol. The first-order valence-electron chi connectivity index (χ1n) is 9.47. The van der Waals surface area contributed by atoms with Crippen LogP contribution in [-0.2, 0) is 0 Å². The molecule has 2 aromatic carbocycles. The van der Waals surface area contributed by atoms with Crippen LogP contribution in [0.5, 0.6) is 11.5 Å². The molecule has 30 heavy (non-hydrogen) atoms. The fraction of sp³-hybridized carbons (Fsp3) is 0.217. The number of furan rings is 1. The van der Waals surface area contributed by atoms with Gasteiger partial charge in [0.2, 0.25) is 0 Å². The van der Waals surface area contributed by atoms with Gasteiger partial charge in [0.05, 0.1) is 31.7 Å². The highest BCUT2D eigenvalue weighted by Crippen LogP contribution is 2.33. The van der Waals surface area contributed by atoms with Crippen LogP contribution in [0.1, 0.15) is 39.3 Å². The van der Waals surface area contributed by atoms with Crippen LogP contribution in [0.2, 0.25) is 0 Å². The summed E-state index contributed by atoms with van der Waals surface area (Å²) in [5.41, 5.74) is 1.67. The van der Waals surface area contributed by atoms with E-state index < -0.39 is 5.91 Å². The summed E-state index contributed by atoms with van der Waals surface area (Å²) in [5, 5.41) is 5.63. The van der Waals surface area contributed by atoms with Crippen LogP contribution in [0.15, 0.2) is 65.3 Å². The summed E-state index contributed by atoms with van der Waals surface area (Å²) in [7, 11) is 2.97. The van der Waals surface area contributed by atoms with Gasteiger partial charge in [-0.3, -0.25) is 9.59 Å². The maximum Gasteiger partial charge on any atom is 0.291 e. The topological polar surface area (TPSA) is 89.8 Å². The van der Waals surface area contributed by atoms with E-state index in [2.05, 4.69) is 10.6 Å². The van der Waals surface area contributed by atoms with Crippen molar-refractivity contribution in [2.45, 2.75) is 12.8 Å². The second-order valence-corrected chi connectivity index (χ2v) is 6.71. The zero-order valence-corrected chi connectivity index (χ0v) is 17.1. The van der Waals surface area contributed by atoms with E-state index in [1.54, 1.807) is 18.2 Å². The maximum absolute atomic E-state index is 13.0. The number of ether oxygens (including phenoxy) is 2. The number of amides is 2. The van der Waals surface area contributed by atoms with Gasteiger partial charge in [0.25, 0.3) is 11.8 Å². The number of methoxy groups -OCH3 is 2. The lowest BCUT2D eigenvalue weighted by molar-refractivity contribution is 0.0952. The normalized spacial score (nSPS) is 11.4. The SMILES string of the molecule is COc1cc(NC(=O)c2ccco2)c(C(=O)NC[C@@H](C)c2ccccc2)cc1OC. The molecule has 3 aromatic rings. The quantitative estimate of drug-likeness (QED) is 0.586. The Morgan fingerprint density at radius 2 is 1.67 bits per heavy atom. The molecule has 156 valence electrons. The number of hydrogen-bond acceptors (Lipinski definition) is 5. The minimum atomic E-state index is -0.473. The summed E-state index contributed by atoms with van der Waals surface area (Å²) < 4.78 is 15.8. The van der Waals surface area contributed by atoms with Crippen molar-refractivity contribution in [3.05, 3.63) is 77.7 Å². The minimum absolute atomic E-state index is 0.122. The third-order valence-electron chi connectivity index (χ3n) is 4.70. The first-order valence-corrected chi connectivity index (χ1v) is 9.47. The molecule has 0 aliphatic carbocycles. The zero-order chi connectivity index (χ0) is 21.5. The molecule has 1 atom stereocenters. The highest BCUT2D eigenvalue weighted by molar-refractivity contribution is 6.08. The van der Waals surface area contributed by atoms with E-state index in [1.165, 1.54) is 26.5 Å².